The molecule has 0 aliphatic carbocycles. The predicted molar refractivity (Wildman–Crippen MR) is 90.5 cm³/mol. The highest BCUT2D eigenvalue weighted by atomic mass is 79.9. The van der Waals surface area contributed by atoms with E-state index in [1.165, 1.54) is 0 Å². The summed E-state index contributed by atoms with van der Waals surface area (Å²) in [7, 11) is 1.61. The summed E-state index contributed by atoms with van der Waals surface area (Å²) in [6, 6.07) is 9.08. The van der Waals surface area contributed by atoms with Gasteiger partial charge in [-0.05, 0) is 63.0 Å². The minimum absolute atomic E-state index is 0.471. The molecule has 0 fully saturated rings. The molecule has 0 saturated heterocycles. The van der Waals surface area contributed by atoms with Gasteiger partial charge < -0.3 is 19.9 Å². The molecule has 112 valence electrons. The number of hydrogen-bond acceptors (Lipinski definition) is 4. The summed E-state index contributed by atoms with van der Waals surface area (Å²) < 4.78 is 18.1. The second kappa shape index (κ2) is 7.04. The number of ether oxygens (including phenoxy) is 3. The van der Waals surface area contributed by atoms with E-state index >= 15 is 0 Å². The van der Waals surface area contributed by atoms with Crippen LogP contribution in [0.2, 0.25) is 0 Å². The standard InChI is InChI=1S/C15H15Br2NO3/c1-3-20-11-5-4-6-12(15(11)18)21-14-8-9(16)13(19-2)7-10(14)17/h4-8H,3,18H2,1-2H3. The van der Waals surface area contributed by atoms with Crippen LogP contribution in [0, 0.1) is 0 Å². The molecule has 0 amide bonds. The Morgan fingerprint density at radius 2 is 1.62 bits per heavy atom. The summed E-state index contributed by atoms with van der Waals surface area (Å²) in [5.41, 5.74) is 6.53. The number of anilines is 1. The van der Waals surface area contributed by atoms with E-state index in [0.29, 0.717) is 35.3 Å². The van der Waals surface area contributed by atoms with Gasteiger partial charge in [-0.3, -0.25) is 0 Å². The van der Waals surface area contributed by atoms with E-state index in [1.807, 2.05) is 31.2 Å². The van der Waals surface area contributed by atoms with Crippen molar-refractivity contribution in [3.8, 4) is 23.0 Å². The second-order valence-corrected chi connectivity index (χ2v) is 5.83. The van der Waals surface area contributed by atoms with E-state index in [2.05, 4.69) is 31.9 Å². The van der Waals surface area contributed by atoms with Crippen LogP contribution in [0.1, 0.15) is 6.92 Å². The molecule has 21 heavy (non-hydrogen) atoms. The third kappa shape index (κ3) is 3.63. The Morgan fingerprint density at radius 3 is 2.29 bits per heavy atom. The first-order valence-electron chi connectivity index (χ1n) is 6.29. The van der Waals surface area contributed by atoms with Crippen molar-refractivity contribution < 1.29 is 14.2 Å². The molecule has 0 unspecified atom stereocenters. The number of benzene rings is 2. The number of methoxy groups -OCH3 is 1. The van der Waals surface area contributed by atoms with Gasteiger partial charge in [0, 0.05) is 0 Å². The fourth-order valence-corrected chi connectivity index (χ4v) is 2.65. The van der Waals surface area contributed by atoms with Gasteiger partial charge in [-0.25, -0.2) is 0 Å². The molecule has 0 bridgehead atoms. The van der Waals surface area contributed by atoms with Crippen LogP contribution < -0.4 is 19.9 Å². The van der Waals surface area contributed by atoms with Crippen LogP contribution in [0.3, 0.4) is 0 Å². The molecule has 0 aliphatic heterocycles. The van der Waals surface area contributed by atoms with Gasteiger partial charge in [0.1, 0.15) is 22.9 Å². The molecule has 0 aromatic heterocycles. The average molecular weight is 417 g/mol. The predicted octanol–water partition coefficient (Wildman–Crippen LogP) is 4.99. The first-order valence-corrected chi connectivity index (χ1v) is 7.87. The van der Waals surface area contributed by atoms with E-state index in [0.717, 1.165) is 8.95 Å². The summed E-state index contributed by atoms with van der Waals surface area (Å²) in [6.07, 6.45) is 0. The maximum atomic E-state index is 6.06. The molecule has 2 rings (SSSR count). The maximum Gasteiger partial charge on any atom is 0.154 e. The lowest BCUT2D eigenvalue weighted by molar-refractivity contribution is 0.340. The smallest absolute Gasteiger partial charge is 0.154 e. The zero-order chi connectivity index (χ0) is 15.4. The lowest BCUT2D eigenvalue weighted by Gasteiger charge is -2.14. The molecule has 6 heteroatoms. The topological polar surface area (TPSA) is 53.7 Å². The Balaban J connectivity index is 2.34. The summed E-state index contributed by atoms with van der Waals surface area (Å²) in [5, 5.41) is 0. The Bertz CT molecular complexity index is 647. The number of halogens is 2. The molecule has 0 atom stereocenters. The molecule has 2 aromatic rings. The van der Waals surface area contributed by atoms with Crippen LogP contribution in [0.25, 0.3) is 0 Å². The van der Waals surface area contributed by atoms with Crippen LogP contribution in [-0.4, -0.2) is 13.7 Å². The molecule has 0 radical (unpaired) electrons. The number of para-hydroxylation sites is 1. The van der Waals surface area contributed by atoms with Crippen molar-refractivity contribution in [1.82, 2.24) is 0 Å². The fraction of sp³-hybridized carbons (Fsp3) is 0.200. The number of hydrogen-bond donors (Lipinski definition) is 1. The van der Waals surface area contributed by atoms with Crippen molar-refractivity contribution >= 4 is 37.5 Å². The molecule has 0 heterocycles. The second-order valence-electron chi connectivity index (χ2n) is 4.12. The lowest BCUT2D eigenvalue weighted by Crippen LogP contribution is -1.99. The Morgan fingerprint density at radius 1 is 1.00 bits per heavy atom. The molecule has 0 spiro atoms. The van der Waals surface area contributed by atoms with E-state index in [4.69, 9.17) is 19.9 Å². The summed E-state index contributed by atoms with van der Waals surface area (Å²) >= 11 is 6.89. The highest BCUT2D eigenvalue weighted by molar-refractivity contribution is 9.11. The molecule has 2 N–H and O–H groups in total. The SMILES string of the molecule is CCOc1cccc(Oc2cc(Br)c(OC)cc2Br)c1N. The largest absolute Gasteiger partial charge is 0.496 e. The van der Waals surface area contributed by atoms with Gasteiger partial charge in [-0.15, -0.1) is 0 Å². The minimum atomic E-state index is 0.471. The van der Waals surface area contributed by atoms with Crippen LogP contribution in [-0.2, 0) is 0 Å². The van der Waals surface area contributed by atoms with Crippen molar-refractivity contribution in [2.24, 2.45) is 0 Å². The van der Waals surface area contributed by atoms with Gasteiger partial charge in [-0.1, -0.05) is 6.07 Å². The molecule has 0 aliphatic rings. The van der Waals surface area contributed by atoms with Crippen molar-refractivity contribution in [3.63, 3.8) is 0 Å². The lowest BCUT2D eigenvalue weighted by atomic mass is 10.2. The third-order valence-corrected chi connectivity index (χ3v) is 3.99. The van der Waals surface area contributed by atoms with E-state index < -0.39 is 0 Å². The zero-order valence-electron chi connectivity index (χ0n) is 11.7. The first kappa shape index (κ1) is 16.0. The van der Waals surface area contributed by atoms with Gasteiger partial charge in [0.05, 0.1) is 22.7 Å². The molecule has 0 saturated carbocycles. The van der Waals surface area contributed by atoms with E-state index in [1.54, 1.807) is 13.2 Å². The summed E-state index contributed by atoms with van der Waals surface area (Å²) in [4.78, 5) is 0. The van der Waals surface area contributed by atoms with Crippen molar-refractivity contribution in [2.45, 2.75) is 6.92 Å². The van der Waals surface area contributed by atoms with Gasteiger partial charge >= 0.3 is 0 Å². The molecular weight excluding hydrogens is 402 g/mol. The Hall–Kier alpha value is -1.40. The van der Waals surface area contributed by atoms with E-state index in [9.17, 15) is 0 Å². The number of nitrogens with two attached hydrogens (primary N) is 1. The minimum Gasteiger partial charge on any atom is -0.496 e. The van der Waals surface area contributed by atoms with Crippen LogP contribution in [0.5, 0.6) is 23.0 Å². The van der Waals surface area contributed by atoms with E-state index in [-0.39, 0.29) is 0 Å². The quantitative estimate of drug-likeness (QED) is 0.697. The number of rotatable bonds is 5. The Kier molecular flexibility index (Phi) is 5.36. The monoisotopic (exact) mass is 415 g/mol. The molecule has 2 aromatic carbocycles. The first-order chi connectivity index (χ1) is 10.1. The number of nitrogen functional groups attached to an aromatic ring is 1. The highest BCUT2D eigenvalue weighted by Crippen LogP contribution is 2.41. The maximum absolute atomic E-state index is 6.06. The fourth-order valence-electron chi connectivity index (χ4n) is 1.76. The van der Waals surface area contributed by atoms with Gasteiger partial charge in [0.15, 0.2) is 5.75 Å². The van der Waals surface area contributed by atoms with Crippen LogP contribution >= 0.6 is 31.9 Å². The summed E-state index contributed by atoms with van der Waals surface area (Å²) in [5.74, 6) is 2.49. The molecular formula is C15H15Br2NO3. The van der Waals surface area contributed by atoms with Crippen LogP contribution in [0.4, 0.5) is 5.69 Å². The molecule has 4 nitrogen and oxygen atoms in total. The van der Waals surface area contributed by atoms with Crippen molar-refractivity contribution in [1.29, 1.82) is 0 Å². The Labute approximate surface area is 140 Å². The van der Waals surface area contributed by atoms with Crippen molar-refractivity contribution in [3.05, 3.63) is 39.3 Å². The van der Waals surface area contributed by atoms with Gasteiger partial charge in [-0.2, -0.15) is 0 Å². The third-order valence-electron chi connectivity index (χ3n) is 2.75. The van der Waals surface area contributed by atoms with Gasteiger partial charge in [0.25, 0.3) is 0 Å². The highest BCUT2D eigenvalue weighted by Gasteiger charge is 2.12. The van der Waals surface area contributed by atoms with Crippen LogP contribution in [0.15, 0.2) is 39.3 Å². The summed E-state index contributed by atoms with van der Waals surface area (Å²) in [6.45, 7) is 2.45. The van der Waals surface area contributed by atoms with Gasteiger partial charge in [0.2, 0.25) is 0 Å². The van der Waals surface area contributed by atoms with Crippen molar-refractivity contribution in [2.75, 3.05) is 19.5 Å². The zero-order valence-corrected chi connectivity index (χ0v) is 14.8. The average Bonchev–Trinajstić information content (AvgIpc) is 2.46. The normalized spacial score (nSPS) is 10.3.